The highest BCUT2D eigenvalue weighted by Crippen LogP contribution is 2.25. The van der Waals surface area contributed by atoms with Crippen LogP contribution >= 0.6 is 11.6 Å². The lowest BCUT2D eigenvalue weighted by Gasteiger charge is -2.10. The third-order valence-electron chi connectivity index (χ3n) is 2.38. The van der Waals surface area contributed by atoms with Crippen molar-refractivity contribution in [2.75, 3.05) is 13.2 Å². The minimum atomic E-state index is 0.643. The first-order valence-electron chi connectivity index (χ1n) is 5.74. The summed E-state index contributed by atoms with van der Waals surface area (Å²) in [5.41, 5.74) is 6.64. The summed E-state index contributed by atoms with van der Waals surface area (Å²) in [5.74, 6) is 1.42. The Morgan fingerprint density at radius 2 is 2.12 bits per heavy atom. The maximum absolute atomic E-state index is 6.11. The molecule has 0 aliphatic rings. The summed E-state index contributed by atoms with van der Waals surface area (Å²) in [4.78, 5) is 0. The summed E-state index contributed by atoms with van der Waals surface area (Å²) >= 11 is 6.11. The van der Waals surface area contributed by atoms with Gasteiger partial charge in [0.1, 0.15) is 5.75 Å². The molecule has 2 N–H and O–H groups in total. The van der Waals surface area contributed by atoms with Crippen LogP contribution in [0.3, 0.4) is 0 Å². The number of halogens is 1. The average molecular weight is 242 g/mol. The third-order valence-corrected chi connectivity index (χ3v) is 2.68. The topological polar surface area (TPSA) is 35.2 Å². The summed E-state index contributed by atoms with van der Waals surface area (Å²) in [6.45, 7) is 5.71. The highest BCUT2D eigenvalue weighted by molar-refractivity contribution is 6.32. The second-order valence-electron chi connectivity index (χ2n) is 4.33. The fraction of sp³-hybridized carbons (Fsp3) is 0.538. The van der Waals surface area contributed by atoms with Gasteiger partial charge in [-0.1, -0.05) is 31.5 Å². The Morgan fingerprint density at radius 3 is 2.69 bits per heavy atom. The number of ether oxygens (including phenoxy) is 1. The van der Waals surface area contributed by atoms with Crippen molar-refractivity contribution in [1.29, 1.82) is 0 Å². The third kappa shape index (κ3) is 4.42. The van der Waals surface area contributed by atoms with E-state index in [1.165, 1.54) is 0 Å². The van der Waals surface area contributed by atoms with Gasteiger partial charge in [0.2, 0.25) is 0 Å². The Kier molecular flexibility index (Phi) is 5.64. The van der Waals surface area contributed by atoms with E-state index in [1.54, 1.807) is 0 Å². The SMILES string of the molecule is CC(C)CCOc1ccc(CCN)cc1Cl. The lowest BCUT2D eigenvalue weighted by Crippen LogP contribution is -2.04. The van der Waals surface area contributed by atoms with Crippen molar-refractivity contribution in [2.45, 2.75) is 26.7 Å². The van der Waals surface area contributed by atoms with E-state index in [1.807, 2.05) is 18.2 Å². The van der Waals surface area contributed by atoms with Gasteiger partial charge in [-0.3, -0.25) is 0 Å². The van der Waals surface area contributed by atoms with Gasteiger partial charge < -0.3 is 10.5 Å². The Balaban J connectivity index is 2.54. The van der Waals surface area contributed by atoms with Crippen LogP contribution in [0.25, 0.3) is 0 Å². The van der Waals surface area contributed by atoms with Crippen molar-refractivity contribution < 1.29 is 4.74 Å². The van der Waals surface area contributed by atoms with Gasteiger partial charge in [-0.2, -0.15) is 0 Å². The van der Waals surface area contributed by atoms with Gasteiger partial charge >= 0.3 is 0 Å². The fourth-order valence-corrected chi connectivity index (χ4v) is 1.65. The molecule has 90 valence electrons. The zero-order valence-electron chi connectivity index (χ0n) is 10.0. The quantitative estimate of drug-likeness (QED) is 0.830. The Morgan fingerprint density at radius 1 is 1.38 bits per heavy atom. The molecule has 0 heterocycles. The molecule has 1 aromatic carbocycles. The number of hydrogen-bond acceptors (Lipinski definition) is 2. The minimum absolute atomic E-state index is 0.643. The number of nitrogens with two attached hydrogens (primary N) is 1. The molecular formula is C13H20ClNO. The first kappa shape index (κ1) is 13.3. The van der Waals surface area contributed by atoms with Crippen LogP contribution in [0, 0.1) is 5.92 Å². The van der Waals surface area contributed by atoms with Crippen LogP contribution in [0.4, 0.5) is 0 Å². The molecule has 0 amide bonds. The second-order valence-corrected chi connectivity index (χ2v) is 4.74. The predicted octanol–water partition coefficient (Wildman–Crippen LogP) is 3.27. The number of benzene rings is 1. The zero-order chi connectivity index (χ0) is 12.0. The number of rotatable bonds is 6. The van der Waals surface area contributed by atoms with Gasteiger partial charge in [-0.05, 0) is 43.0 Å². The molecule has 0 atom stereocenters. The van der Waals surface area contributed by atoms with Crippen molar-refractivity contribution in [1.82, 2.24) is 0 Å². The van der Waals surface area contributed by atoms with E-state index in [0.717, 1.165) is 24.2 Å². The van der Waals surface area contributed by atoms with E-state index in [-0.39, 0.29) is 0 Å². The summed E-state index contributed by atoms with van der Waals surface area (Å²) < 4.78 is 5.62. The van der Waals surface area contributed by atoms with E-state index >= 15 is 0 Å². The highest BCUT2D eigenvalue weighted by Gasteiger charge is 2.03. The molecule has 0 saturated carbocycles. The van der Waals surface area contributed by atoms with E-state index in [0.29, 0.717) is 24.1 Å². The Bertz CT molecular complexity index is 326. The number of hydrogen-bond donors (Lipinski definition) is 1. The molecule has 0 bridgehead atoms. The molecule has 0 aliphatic carbocycles. The average Bonchev–Trinajstić information content (AvgIpc) is 2.21. The van der Waals surface area contributed by atoms with Gasteiger partial charge in [-0.25, -0.2) is 0 Å². The molecule has 0 fully saturated rings. The van der Waals surface area contributed by atoms with Gasteiger partial charge in [0, 0.05) is 0 Å². The molecule has 0 aromatic heterocycles. The lowest BCUT2D eigenvalue weighted by molar-refractivity contribution is 0.289. The molecule has 16 heavy (non-hydrogen) atoms. The van der Waals surface area contributed by atoms with Crippen molar-refractivity contribution in [3.8, 4) is 5.75 Å². The Labute approximate surface area is 103 Å². The van der Waals surface area contributed by atoms with Gasteiger partial charge in [0.25, 0.3) is 0 Å². The van der Waals surface area contributed by atoms with Gasteiger partial charge in [0.15, 0.2) is 0 Å². The molecule has 1 rings (SSSR count). The van der Waals surface area contributed by atoms with Gasteiger partial charge in [-0.15, -0.1) is 0 Å². The van der Waals surface area contributed by atoms with Crippen LogP contribution < -0.4 is 10.5 Å². The van der Waals surface area contributed by atoms with Crippen LogP contribution in [0.1, 0.15) is 25.8 Å². The highest BCUT2D eigenvalue weighted by atomic mass is 35.5. The first-order chi connectivity index (χ1) is 7.63. The summed E-state index contributed by atoms with van der Waals surface area (Å²) in [6.07, 6.45) is 1.90. The van der Waals surface area contributed by atoms with Crippen molar-refractivity contribution >= 4 is 11.6 Å². The Hall–Kier alpha value is -0.730. The molecule has 0 aliphatic heterocycles. The minimum Gasteiger partial charge on any atom is -0.492 e. The predicted molar refractivity (Wildman–Crippen MR) is 69.2 cm³/mol. The second kappa shape index (κ2) is 6.77. The summed E-state index contributed by atoms with van der Waals surface area (Å²) in [6, 6.07) is 5.87. The molecular weight excluding hydrogens is 222 g/mol. The maximum Gasteiger partial charge on any atom is 0.137 e. The zero-order valence-corrected chi connectivity index (χ0v) is 10.8. The maximum atomic E-state index is 6.11. The van der Waals surface area contributed by atoms with Crippen LogP contribution in [0.2, 0.25) is 5.02 Å². The summed E-state index contributed by atoms with van der Waals surface area (Å²) in [5, 5.41) is 0.676. The van der Waals surface area contributed by atoms with E-state index in [4.69, 9.17) is 22.1 Å². The standard InChI is InChI=1S/C13H20ClNO/c1-10(2)6-8-16-13-4-3-11(5-7-15)9-12(13)14/h3-4,9-10H,5-8,15H2,1-2H3. The molecule has 3 heteroatoms. The van der Waals surface area contributed by atoms with Crippen LogP contribution in [0.5, 0.6) is 5.75 Å². The van der Waals surface area contributed by atoms with Crippen molar-refractivity contribution in [2.24, 2.45) is 11.7 Å². The monoisotopic (exact) mass is 241 g/mol. The molecule has 2 nitrogen and oxygen atoms in total. The normalized spacial score (nSPS) is 10.8. The smallest absolute Gasteiger partial charge is 0.137 e. The first-order valence-corrected chi connectivity index (χ1v) is 6.12. The molecule has 0 unspecified atom stereocenters. The molecule has 0 saturated heterocycles. The fourth-order valence-electron chi connectivity index (χ4n) is 1.39. The van der Waals surface area contributed by atoms with Crippen molar-refractivity contribution in [3.63, 3.8) is 0 Å². The summed E-state index contributed by atoms with van der Waals surface area (Å²) in [7, 11) is 0. The van der Waals surface area contributed by atoms with Gasteiger partial charge in [0.05, 0.1) is 11.6 Å². The van der Waals surface area contributed by atoms with E-state index in [9.17, 15) is 0 Å². The molecule has 1 aromatic rings. The van der Waals surface area contributed by atoms with Crippen molar-refractivity contribution in [3.05, 3.63) is 28.8 Å². The van der Waals surface area contributed by atoms with Crippen LogP contribution in [0.15, 0.2) is 18.2 Å². The molecule has 0 spiro atoms. The van der Waals surface area contributed by atoms with E-state index < -0.39 is 0 Å². The largest absolute Gasteiger partial charge is 0.492 e. The van der Waals surface area contributed by atoms with Crippen LogP contribution in [-0.2, 0) is 6.42 Å². The van der Waals surface area contributed by atoms with Crippen LogP contribution in [-0.4, -0.2) is 13.2 Å². The van der Waals surface area contributed by atoms with E-state index in [2.05, 4.69) is 13.8 Å². The lowest BCUT2D eigenvalue weighted by atomic mass is 10.1. The molecule has 0 radical (unpaired) electrons.